The monoisotopic (exact) mass is 740 g/mol. The number of piperidine rings is 1. The van der Waals surface area contributed by atoms with Crippen LogP contribution in [0.4, 0.5) is 0 Å². The third-order valence-corrected chi connectivity index (χ3v) is 10.5. The Morgan fingerprint density at radius 3 is 2.06 bits per heavy atom. The minimum Gasteiger partial charge on any atom is -0.483 e. The molecule has 264 valence electrons. The lowest BCUT2D eigenvalue weighted by molar-refractivity contribution is -0.432. The Morgan fingerprint density at radius 1 is 0.857 bits per heavy atom. The number of hydrogen-bond donors (Lipinski definition) is 5. The lowest BCUT2D eigenvalue weighted by Crippen LogP contribution is -2.44. The molecule has 5 N–H and O–H groups in total. The molecule has 0 bridgehead atoms. The predicted molar refractivity (Wildman–Crippen MR) is 175 cm³/mol. The van der Waals surface area contributed by atoms with E-state index in [1.165, 1.54) is 12.1 Å². The van der Waals surface area contributed by atoms with E-state index < -0.39 is 21.0 Å². The number of hydrogen-bond acceptors (Lipinski definition) is 14. The van der Waals surface area contributed by atoms with Crippen molar-refractivity contribution in [1.82, 2.24) is 10.2 Å². The Kier molecular flexibility index (Phi) is 12.4. The number of unbranched alkanes of at least 4 members (excludes halogenated alkanes) is 2. The number of aliphatic carboxylic acids is 1. The van der Waals surface area contributed by atoms with Crippen LogP contribution in [0.1, 0.15) is 38.5 Å². The molecular weight excluding hydrogens is 709 g/mol. The summed E-state index contributed by atoms with van der Waals surface area (Å²) in [4.78, 5) is 38.2. The van der Waals surface area contributed by atoms with Crippen LogP contribution >= 0.6 is 24.1 Å². The third kappa shape index (κ3) is 8.63. The van der Waals surface area contributed by atoms with E-state index in [1.54, 1.807) is 29.2 Å². The van der Waals surface area contributed by atoms with E-state index in [4.69, 9.17) is 24.7 Å². The van der Waals surface area contributed by atoms with Gasteiger partial charge in [0.1, 0.15) is 10.6 Å². The largest absolute Gasteiger partial charge is 0.483 e. The predicted octanol–water partition coefficient (Wildman–Crippen LogP) is 5.07. The molecule has 0 atom stereocenters. The topological polar surface area (TPSA) is 228 Å². The highest BCUT2D eigenvalue weighted by Gasteiger charge is 2.28. The summed E-state index contributed by atoms with van der Waals surface area (Å²) in [5.41, 5.74) is 0. The molecule has 0 aliphatic carbocycles. The van der Waals surface area contributed by atoms with Gasteiger partial charge in [-0.3, -0.25) is 18.9 Å². The lowest BCUT2D eigenvalue weighted by atomic mass is 9.93. The van der Waals surface area contributed by atoms with Crippen LogP contribution in [-0.4, -0.2) is 77.5 Å². The second-order valence-electron chi connectivity index (χ2n) is 11.2. The van der Waals surface area contributed by atoms with Crippen molar-refractivity contribution < 1.29 is 66.5 Å². The average molecular weight is 741 g/mol. The van der Waals surface area contributed by atoms with Gasteiger partial charge in [0.15, 0.2) is 6.61 Å². The van der Waals surface area contributed by atoms with Crippen molar-refractivity contribution in [3.63, 3.8) is 0 Å². The molecule has 1 aliphatic heterocycles. The van der Waals surface area contributed by atoms with E-state index in [0.29, 0.717) is 108 Å². The summed E-state index contributed by atoms with van der Waals surface area (Å²) in [6.45, 7) is 0.789. The van der Waals surface area contributed by atoms with Gasteiger partial charge in [0.05, 0.1) is 29.0 Å². The summed E-state index contributed by atoms with van der Waals surface area (Å²) >= 11 is 1.14. The SMILES string of the molecule is O=C(O)CCCCCNC(=O)C1CCN(C(=O)COc2cc(SOOO)c3ccc4c(SOOO)cc(S(=O)(=O)O)c5ccc2c3c45)CC1. The highest BCUT2D eigenvalue weighted by atomic mass is 32.2. The van der Waals surface area contributed by atoms with Gasteiger partial charge in [0, 0.05) is 58.4 Å². The van der Waals surface area contributed by atoms with Gasteiger partial charge in [-0.1, -0.05) is 34.7 Å². The number of carbonyl (C=O) groups excluding carboxylic acids is 2. The fourth-order valence-electron chi connectivity index (χ4n) is 6.00. The van der Waals surface area contributed by atoms with Crippen molar-refractivity contribution >= 4 is 84.3 Å². The summed E-state index contributed by atoms with van der Waals surface area (Å²) in [7, 11) is -4.74. The molecule has 4 aromatic rings. The summed E-state index contributed by atoms with van der Waals surface area (Å²) in [6, 6.07) is 9.17. The van der Waals surface area contributed by atoms with Crippen LogP contribution in [0.25, 0.3) is 32.3 Å². The minimum atomic E-state index is -4.74. The fraction of sp³-hybridized carbons (Fsp3) is 0.367. The van der Waals surface area contributed by atoms with Gasteiger partial charge in [-0.15, -0.1) is 8.67 Å². The van der Waals surface area contributed by atoms with Crippen LogP contribution in [0.5, 0.6) is 5.75 Å². The summed E-state index contributed by atoms with van der Waals surface area (Å²) in [5, 5.41) is 39.1. The first-order valence-electron chi connectivity index (χ1n) is 15.0. The van der Waals surface area contributed by atoms with Crippen molar-refractivity contribution in [2.24, 2.45) is 5.92 Å². The Balaban J connectivity index is 1.35. The van der Waals surface area contributed by atoms with Crippen molar-refractivity contribution in [2.75, 3.05) is 26.2 Å². The molecular formula is C30H32N2O14S3. The minimum absolute atomic E-state index is 0.0940. The molecule has 0 spiro atoms. The number of carboxylic acids is 1. The first-order valence-corrected chi connectivity index (χ1v) is 17.9. The number of benzene rings is 4. The molecule has 0 saturated carbocycles. The maximum absolute atomic E-state index is 13.2. The molecule has 0 unspecified atom stereocenters. The van der Waals surface area contributed by atoms with Crippen molar-refractivity contribution in [3.05, 3.63) is 36.4 Å². The molecule has 19 heteroatoms. The van der Waals surface area contributed by atoms with Crippen LogP contribution in [0.2, 0.25) is 0 Å². The fourth-order valence-corrected chi connectivity index (χ4v) is 7.83. The first-order chi connectivity index (χ1) is 23.5. The van der Waals surface area contributed by atoms with Gasteiger partial charge in [-0.2, -0.15) is 8.42 Å². The lowest BCUT2D eigenvalue weighted by Gasteiger charge is -2.31. The van der Waals surface area contributed by atoms with E-state index in [1.807, 2.05) is 0 Å². The normalized spacial score (nSPS) is 14.2. The molecule has 1 fully saturated rings. The molecule has 1 saturated heterocycles. The van der Waals surface area contributed by atoms with Crippen LogP contribution < -0.4 is 10.1 Å². The summed E-state index contributed by atoms with van der Waals surface area (Å²) in [5.74, 6) is -1.28. The number of carbonyl (C=O) groups is 3. The standard InChI is InChI=1S/C30H32N2O14S3/c33-26(32-12-9-17(10-13-32)30(36)31-11-3-1-2-4-27(34)35)16-42-22-14-23(47-45-43-37)19-6-7-20-24(48-46-44-38)15-25(49(39,40)41)21-8-5-18(22)28(19)29(20)21/h5-8,14-15,17,37-38H,1-4,9-13,16H2,(H,31,36)(H,34,35)(H,39,40,41). The van der Waals surface area contributed by atoms with Gasteiger partial charge in [0.25, 0.3) is 16.0 Å². The molecule has 49 heavy (non-hydrogen) atoms. The van der Waals surface area contributed by atoms with E-state index in [0.717, 1.165) is 0 Å². The molecule has 4 aromatic carbocycles. The van der Waals surface area contributed by atoms with E-state index in [-0.39, 0.29) is 46.8 Å². The number of likely N-dealkylation sites (tertiary alicyclic amines) is 1. The Morgan fingerprint density at radius 2 is 1.45 bits per heavy atom. The Hall–Kier alpha value is -3.50. The quantitative estimate of drug-likeness (QED) is 0.0238. The first kappa shape index (κ1) is 36.8. The zero-order valence-electron chi connectivity index (χ0n) is 25.7. The van der Waals surface area contributed by atoms with Crippen molar-refractivity contribution in [1.29, 1.82) is 0 Å². The number of ether oxygens (including phenoxy) is 1. The highest BCUT2D eigenvalue weighted by molar-refractivity contribution is 7.95. The molecule has 1 heterocycles. The Labute approximate surface area is 287 Å². The number of nitrogens with one attached hydrogen (secondary N) is 1. The van der Waals surface area contributed by atoms with Crippen molar-refractivity contribution in [3.8, 4) is 5.75 Å². The van der Waals surface area contributed by atoms with Crippen LogP contribution in [-0.2, 0) is 43.2 Å². The van der Waals surface area contributed by atoms with E-state index in [2.05, 4.69) is 19.7 Å². The van der Waals surface area contributed by atoms with Crippen LogP contribution in [0.3, 0.4) is 0 Å². The number of nitrogens with zero attached hydrogens (tertiary/aromatic N) is 1. The zero-order valence-corrected chi connectivity index (χ0v) is 28.1. The highest BCUT2D eigenvalue weighted by Crippen LogP contribution is 2.47. The maximum atomic E-state index is 13.2. The third-order valence-electron chi connectivity index (χ3n) is 8.27. The van der Waals surface area contributed by atoms with Gasteiger partial charge in [-0.25, -0.2) is 10.5 Å². The number of amides is 2. The molecule has 2 amide bonds. The van der Waals surface area contributed by atoms with E-state index >= 15 is 0 Å². The molecule has 1 aliphatic rings. The molecule has 16 nitrogen and oxygen atoms in total. The Bertz CT molecular complexity index is 1930. The van der Waals surface area contributed by atoms with Gasteiger partial charge >= 0.3 is 5.97 Å². The van der Waals surface area contributed by atoms with Gasteiger partial charge in [-0.05, 0) is 54.7 Å². The summed E-state index contributed by atoms with van der Waals surface area (Å²) in [6.07, 6.45) is 2.98. The summed E-state index contributed by atoms with van der Waals surface area (Å²) < 4.78 is 50.2. The zero-order chi connectivity index (χ0) is 35.1. The van der Waals surface area contributed by atoms with Crippen LogP contribution in [0, 0.1) is 5.92 Å². The smallest absolute Gasteiger partial charge is 0.303 e. The van der Waals surface area contributed by atoms with E-state index in [9.17, 15) is 27.4 Å². The molecule has 0 radical (unpaired) electrons. The maximum Gasteiger partial charge on any atom is 0.303 e. The second kappa shape index (κ2) is 16.5. The molecule has 0 aromatic heterocycles. The van der Waals surface area contributed by atoms with Gasteiger partial charge in [0.2, 0.25) is 5.91 Å². The number of carboxylic acid groups (broad SMARTS) is 1. The van der Waals surface area contributed by atoms with Crippen LogP contribution in [0.15, 0.2) is 51.1 Å². The number of rotatable bonds is 17. The van der Waals surface area contributed by atoms with Crippen molar-refractivity contribution in [2.45, 2.75) is 53.2 Å². The van der Waals surface area contributed by atoms with Gasteiger partial charge < -0.3 is 20.1 Å². The average Bonchev–Trinajstić information content (AvgIpc) is 3.08. The second-order valence-corrected chi connectivity index (χ2v) is 14.1. The molecule has 5 rings (SSSR count).